The highest BCUT2D eigenvalue weighted by atomic mass is 32.1. The fraction of sp³-hybridized carbons (Fsp3) is 0.250. The van der Waals surface area contributed by atoms with E-state index in [4.69, 9.17) is 4.74 Å². The quantitative estimate of drug-likeness (QED) is 0.655. The molecule has 1 amide bonds. The standard InChI is InChI=1S/C20H21N3O3S/c1-4-14-7-9-15(10-8-14)16-12-27-20(21-16)22-18(24)13(2)26-19(25)17-6-5-11-23(17)3/h5-13H,4H2,1-3H3,(H,21,22,24)/t13-/m1/s1. The average Bonchev–Trinajstić information content (AvgIpc) is 3.30. The maximum atomic E-state index is 12.3. The second-order valence-corrected chi connectivity index (χ2v) is 6.99. The van der Waals surface area contributed by atoms with E-state index >= 15 is 0 Å². The minimum atomic E-state index is -0.927. The van der Waals surface area contributed by atoms with Crippen LogP contribution in [0.1, 0.15) is 29.9 Å². The fourth-order valence-electron chi connectivity index (χ4n) is 2.53. The van der Waals surface area contributed by atoms with Crippen molar-refractivity contribution in [1.82, 2.24) is 9.55 Å². The van der Waals surface area contributed by atoms with E-state index in [2.05, 4.69) is 29.4 Å². The van der Waals surface area contributed by atoms with Gasteiger partial charge >= 0.3 is 5.97 Å². The molecule has 2 heterocycles. The summed E-state index contributed by atoms with van der Waals surface area (Å²) in [6, 6.07) is 11.6. The number of benzene rings is 1. The second kappa shape index (κ2) is 8.18. The van der Waals surface area contributed by atoms with Crippen molar-refractivity contribution in [3.63, 3.8) is 0 Å². The Balaban J connectivity index is 1.61. The van der Waals surface area contributed by atoms with Gasteiger partial charge < -0.3 is 9.30 Å². The second-order valence-electron chi connectivity index (χ2n) is 6.13. The minimum Gasteiger partial charge on any atom is -0.448 e. The summed E-state index contributed by atoms with van der Waals surface area (Å²) in [4.78, 5) is 28.8. The Morgan fingerprint density at radius 1 is 1.26 bits per heavy atom. The van der Waals surface area contributed by atoms with E-state index < -0.39 is 18.0 Å². The number of carbonyl (C=O) groups excluding carboxylic acids is 2. The smallest absolute Gasteiger partial charge is 0.355 e. The number of thiazole rings is 1. The number of carbonyl (C=O) groups is 2. The number of nitrogens with zero attached hydrogens (tertiary/aromatic N) is 2. The van der Waals surface area contributed by atoms with Gasteiger partial charge in [0.25, 0.3) is 5.91 Å². The van der Waals surface area contributed by atoms with Crippen LogP contribution in [0.2, 0.25) is 0 Å². The first kappa shape index (κ1) is 18.8. The molecule has 3 rings (SSSR count). The van der Waals surface area contributed by atoms with Crippen molar-refractivity contribution in [2.75, 3.05) is 5.32 Å². The summed E-state index contributed by atoms with van der Waals surface area (Å²) in [5, 5.41) is 5.06. The minimum absolute atomic E-state index is 0.390. The maximum Gasteiger partial charge on any atom is 0.355 e. The summed E-state index contributed by atoms with van der Waals surface area (Å²) >= 11 is 1.33. The van der Waals surface area contributed by atoms with Crippen LogP contribution in [-0.4, -0.2) is 27.5 Å². The van der Waals surface area contributed by atoms with Gasteiger partial charge in [-0.2, -0.15) is 0 Å². The molecular weight excluding hydrogens is 362 g/mol. The number of anilines is 1. The van der Waals surface area contributed by atoms with Crippen LogP contribution < -0.4 is 5.32 Å². The summed E-state index contributed by atoms with van der Waals surface area (Å²) in [7, 11) is 1.74. The van der Waals surface area contributed by atoms with E-state index in [-0.39, 0.29) is 0 Å². The fourth-order valence-corrected chi connectivity index (χ4v) is 3.25. The Morgan fingerprint density at radius 2 is 2.00 bits per heavy atom. The van der Waals surface area contributed by atoms with Crippen molar-refractivity contribution in [3.05, 3.63) is 59.2 Å². The molecule has 6 nitrogen and oxygen atoms in total. The van der Waals surface area contributed by atoms with Gasteiger partial charge in [-0.1, -0.05) is 31.2 Å². The van der Waals surface area contributed by atoms with Gasteiger partial charge in [-0.15, -0.1) is 11.3 Å². The number of hydrogen-bond donors (Lipinski definition) is 1. The van der Waals surface area contributed by atoms with Gasteiger partial charge in [0.1, 0.15) is 5.69 Å². The van der Waals surface area contributed by atoms with Crippen molar-refractivity contribution >= 4 is 28.3 Å². The van der Waals surface area contributed by atoms with Crippen LogP contribution in [0, 0.1) is 0 Å². The lowest BCUT2D eigenvalue weighted by Gasteiger charge is -2.12. The van der Waals surface area contributed by atoms with E-state index in [0.29, 0.717) is 10.8 Å². The molecule has 0 spiro atoms. The first-order valence-corrected chi connectivity index (χ1v) is 9.54. The van der Waals surface area contributed by atoms with E-state index in [0.717, 1.165) is 17.7 Å². The lowest BCUT2D eigenvalue weighted by Crippen LogP contribution is -2.30. The van der Waals surface area contributed by atoms with Crippen LogP contribution in [0.25, 0.3) is 11.3 Å². The van der Waals surface area contributed by atoms with Gasteiger partial charge in [-0.05, 0) is 31.0 Å². The lowest BCUT2D eigenvalue weighted by molar-refractivity contribution is -0.123. The molecular formula is C20H21N3O3S. The van der Waals surface area contributed by atoms with Crippen molar-refractivity contribution in [2.24, 2.45) is 7.05 Å². The average molecular weight is 383 g/mol. The van der Waals surface area contributed by atoms with Crippen molar-refractivity contribution in [3.8, 4) is 11.3 Å². The van der Waals surface area contributed by atoms with Crippen LogP contribution in [-0.2, 0) is 23.0 Å². The Morgan fingerprint density at radius 3 is 2.63 bits per heavy atom. The van der Waals surface area contributed by atoms with Crippen LogP contribution in [0.3, 0.4) is 0 Å². The summed E-state index contributed by atoms with van der Waals surface area (Å²) in [6.07, 6.45) is 1.80. The monoisotopic (exact) mass is 383 g/mol. The number of hydrogen-bond acceptors (Lipinski definition) is 5. The van der Waals surface area contributed by atoms with Gasteiger partial charge in [-0.3, -0.25) is 10.1 Å². The van der Waals surface area contributed by atoms with Gasteiger partial charge in [0.2, 0.25) is 0 Å². The Labute approximate surface area is 161 Å². The van der Waals surface area contributed by atoms with E-state index in [1.165, 1.54) is 23.8 Å². The first-order valence-electron chi connectivity index (χ1n) is 8.66. The van der Waals surface area contributed by atoms with Crippen LogP contribution in [0.5, 0.6) is 0 Å². The van der Waals surface area contributed by atoms with E-state index in [1.54, 1.807) is 29.9 Å². The highest BCUT2D eigenvalue weighted by Crippen LogP contribution is 2.25. The third-order valence-corrected chi connectivity index (χ3v) is 4.96. The molecule has 2 aromatic heterocycles. The number of aryl methyl sites for hydroxylation is 2. The van der Waals surface area contributed by atoms with Crippen molar-refractivity contribution < 1.29 is 14.3 Å². The van der Waals surface area contributed by atoms with Crippen LogP contribution in [0.4, 0.5) is 5.13 Å². The van der Waals surface area contributed by atoms with Crippen molar-refractivity contribution in [1.29, 1.82) is 0 Å². The molecule has 0 aliphatic rings. The normalized spacial score (nSPS) is 11.8. The topological polar surface area (TPSA) is 73.2 Å². The Kier molecular flexibility index (Phi) is 5.71. The molecule has 1 N–H and O–H groups in total. The molecule has 27 heavy (non-hydrogen) atoms. The molecule has 0 radical (unpaired) electrons. The summed E-state index contributed by atoms with van der Waals surface area (Å²) in [5.41, 5.74) is 3.44. The van der Waals surface area contributed by atoms with Gasteiger partial charge in [0, 0.05) is 24.2 Å². The highest BCUT2D eigenvalue weighted by Gasteiger charge is 2.21. The molecule has 0 bridgehead atoms. The maximum absolute atomic E-state index is 12.3. The van der Waals surface area contributed by atoms with Gasteiger partial charge in [0.05, 0.1) is 5.69 Å². The Bertz CT molecular complexity index is 944. The largest absolute Gasteiger partial charge is 0.448 e. The molecule has 1 atom stereocenters. The van der Waals surface area contributed by atoms with Crippen molar-refractivity contribution in [2.45, 2.75) is 26.4 Å². The highest BCUT2D eigenvalue weighted by molar-refractivity contribution is 7.14. The molecule has 0 saturated heterocycles. The molecule has 7 heteroatoms. The number of esters is 1. The number of nitrogens with one attached hydrogen (secondary N) is 1. The van der Waals surface area contributed by atoms with Gasteiger partial charge in [-0.25, -0.2) is 9.78 Å². The third kappa shape index (κ3) is 4.43. The number of ether oxygens (including phenoxy) is 1. The van der Waals surface area contributed by atoms with Crippen LogP contribution in [0.15, 0.2) is 48.0 Å². The summed E-state index contributed by atoms with van der Waals surface area (Å²) in [6.45, 7) is 3.64. The number of aromatic nitrogens is 2. The van der Waals surface area contributed by atoms with E-state index in [1.807, 2.05) is 17.5 Å². The zero-order valence-corrected chi connectivity index (χ0v) is 16.2. The third-order valence-electron chi connectivity index (χ3n) is 4.20. The predicted molar refractivity (Wildman–Crippen MR) is 106 cm³/mol. The molecule has 1 aromatic carbocycles. The SMILES string of the molecule is CCc1ccc(-c2csc(NC(=O)[C@@H](C)OC(=O)c3cccn3C)n2)cc1. The number of amides is 1. The van der Waals surface area contributed by atoms with E-state index in [9.17, 15) is 9.59 Å². The molecule has 0 aliphatic heterocycles. The molecule has 0 unspecified atom stereocenters. The predicted octanol–water partition coefficient (Wildman–Crippen LogP) is 3.90. The summed E-state index contributed by atoms with van der Waals surface area (Å²) in [5.74, 6) is -0.958. The molecule has 0 fully saturated rings. The Hall–Kier alpha value is -2.93. The zero-order chi connectivity index (χ0) is 19.4. The lowest BCUT2D eigenvalue weighted by atomic mass is 10.1. The molecule has 0 aliphatic carbocycles. The van der Waals surface area contributed by atoms with Crippen LogP contribution >= 0.6 is 11.3 Å². The number of rotatable bonds is 6. The molecule has 140 valence electrons. The molecule has 3 aromatic rings. The zero-order valence-electron chi connectivity index (χ0n) is 15.4. The molecule has 0 saturated carbocycles. The first-order chi connectivity index (χ1) is 13.0. The van der Waals surface area contributed by atoms with Gasteiger partial charge in [0.15, 0.2) is 11.2 Å². The summed E-state index contributed by atoms with van der Waals surface area (Å²) < 4.78 is 6.87.